The van der Waals surface area contributed by atoms with Crippen molar-refractivity contribution in [2.24, 2.45) is 5.41 Å². The number of piperidine rings is 2. The third-order valence-corrected chi connectivity index (χ3v) is 5.48. The maximum absolute atomic E-state index is 12.5. The van der Waals surface area contributed by atoms with Gasteiger partial charge in [-0.1, -0.05) is 12.1 Å². The van der Waals surface area contributed by atoms with Crippen LogP contribution in [0.25, 0.3) is 0 Å². The summed E-state index contributed by atoms with van der Waals surface area (Å²) in [6, 6.07) is 10.1. The van der Waals surface area contributed by atoms with Gasteiger partial charge >= 0.3 is 0 Å². The van der Waals surface area contributed by atoms with Crippen molar-refractivity contribution in [1.82, 2.24) is 14.9 Å². The Labute approximate surface area is 148 Å². The van der Waals surface area contributed by atoms with Crippen molar-refractivity contribution in [1.29, 1.82) is 0 Å². The molecule has 1 spiro atoms. The van der Waals surface area contributed by atoms with Crippen LogP contribution in [0.15, 0.2) is 48.9 Å². The van der Waals surface area contributed by atoms with E-state index in [1.165, 1.54) is 6.42 Å². The zero-order valence-electron chi connectivity index (χ0n) is 14.5. The van der Waals surface area contributed by atoms with Gasteiger partial charge < -0.3 is 9.80 Å². The van der Waals surface area contributed by atoms with E-state index in [9.17, 15) is 4.79 Å². The zero-order chi connectivity index (χ0) is 17.1. The molecule has 4 rings (SSSR count). The number of likely N-dealkylation sites (tertiary alicyclic amines) is 1. The molecule has 2 aromatic rings. The van der Waals surface area contributed by atoms with Crippen LogP contribution in [0.4, 0.5) is 5.82 Å². The number of carbonyl (C=O) groups is 1. The van der Waals surface area contributed by atoms with Crippen molar-refractivity contribution in [3.05, 3.63) is 54.5 Å². The molecule has 0 aliphatic carbocycles. The quantitative estimate of drug-likeness (QED) is 0.865. The maximum Gasteiger partial charge on any atom is 0.222 e. The fourth-order valence-electron chi connectivity index (χ4n) is 4.24. The number of pyridine rings is 2. The van der Waals surface area contributed by atoms with Gasteiger partial charge in [0.25, 0.3) is 0 Å². The number of amides is 1. The van der Waals surface area contributed by atoms with Crippen molar-refractivity contribution in [3.8, 4) is 0 Å². The normalized spacial score (nSPS) is 23.9. The van der Waals surface area contributed by atoms with Crippen molar-refractivity contribution >= 4 is 11.7 Å². The highest BCUT2D eigenvalue weighted by Crippen LogP contribution is 2.40. The fourth-order valence-corrected chi connectivity index (χ4v) is 4.24. The molecule has 2 fully saturated rings. The first-order valence-electron chi connectivity index (χ1n) is 9.07. The third kappa shape index (κ3) is 3.50. The van der Waals surface area contributed by atoms with E-state index in [1.54, 1.807) is 6.20 Å². The largest absolute Gasteiger partial charge is 0.356 e. The molecule has 2 aliphatic rings. The Hall–Kier alpha value is -2.43. The molecule has 1 amide bonds. The number of hydrogen-bond donors (Lipinski definition) is 0. The van der Waals surface area contributed by atoms with Gasteiger partial charge in [0.15, 0.2) is 0 Å². The summed E-state index contributed by atoms with van der Waals surface area (Å²) in [6.07, 6.45) is 9.47. The smallest absolute Gasteiger partial charge is 0.222 e. The minimum absolute atomic E-state index is 0.186. The molecule has 5 heteroatoms. The molecule has 25 heavy (non-hydrogen) atoms. The van der Waals surface area contributed by atoms with E-state index >= 15 is 0 Å². The molecule has 5 nitrogen and oxygen atoms in total. The highest BCUT2D eigenvalue weighted by Gasteiger charge is 2.41. The van der Waals surface area contributed by atoms with Gasteiger partial charge in [0.05, 0.1) is 0 Å². The lowest BCUT2D eigenvalue weighted by atomic mass is 9.73. The van der Waals surface area contributed by atoms with E-state index in [1.807, 2.05) is 41.6 Å². The van der Waals surface area contributed by atoms with Crippen LogP contribution < -0.4 is 4.90 Å². The zero-order valence-corrected chi connectivity index (χ0v) is 14.5. The number of nitrogens with zero attached hydrogens (tertiary/aromatic N) is 4. The summed E-state index contributed by atoms with van der Waals surface area (Å²) in [5, 5.41) is 0. The minimum atomic E-state index is 0.186. The molecule has 0 radical (unpaired) electrons. The van der Waals surface area contributed by atoms with Gasteiger partial charge in [0.2, 0.25) is 5.91 Å². The standard InChI is InChI=1S/C20H24N4O/c25-19-7-9-20(16-24(19)14-17-5-3-10-21-13-17)8-4-12-23(15-20)18-6-1-2-11-22-18/h1-3,5-6,10-11,13H,4,7-9,12,14-16H2. The second-order valence-corrected chi connectivity index (χ2v) is 7.32. The third-order valence-electron chi connectivity index (χ3n) is 5.48. The van der Waals surface area contributed by atoms with E-state index in [0.717, 1.165) is 43.9 Å². The predicted molar refractivity (Wildman–Crippen MR) is 97.0 cm³/mol. The Balaban J connectivity index is 1.50. The van der Waals surface area contributed by atoms with Crippen LogP contribution >= 0.6 is 0 Å². The molecule has 0 aromatic carbocycles. The Morgan fingerprint density at radius 2 is 2.04 bits per heavy atom. The molecule has 2 aromatic heterocycles. The van der Waals surface area contributed by atoms with Crippen molar-refractivity contribution < 1.29 is 4.79 Å². The molecule has 1 atom stereocenters. The van der Waals surface area contributed by atoms with Gasteiger partial charge in [-0.25, -0.2) is 4.98 Å². The Kier molecular flexibility index (Phi) is 4.38. The predicted octanol–water partition coefficient (Wildman–Crippen LogP) is 2.89. The molecular formula is C20H24N4O. The van der Waals surface area contributed by atoms with Crippen molar-refractivity contribution in [2.45, 2.75) is 32.2 Å². The molecule has 1 unspecified atom stereocenters. The summed E-state index contributed by atoms with van der Waals surface area (Å²) in [5.41, 5.74) is 1.29. The lowest BCUT2D eigenvalue weighted by molar-refractivity contribution is -0.138. The van der Waals surface area contributed by atoms with E-state index in [4.69, 9.17) is 0 Å². The Morgan fingerprint density at radius 1 is 1.08 bits per heavy atom. The first kappa shape index (κ1) is 16.1. The van der Waals surface area contributed by atoms with Gasteiger partial charge in [0, 0.05) is 56.6 Å². The number of anilines is 1. The van der Waals surface area contributed by atoms with Crippen molar-refractivity contribution in [2.75, 3.05) is 24.5 Å². The van der Waals surface area contributed by atoms with Crippen LogP contribution in [0, 0.1) is 5.41 Å². The number of rotatable bonds is 3. The second-order valence-electron chi connectivity index (χ2n) is 7.32. The summed E-state index contributed by atoms with van der Waals surface area (Å²) in [5.74, 6) is 1.32. The Morgan fingerprint density at radius 3 is 2.84 bits per heavy atom. The van der Waals surface area contributed by atoms with Crippen LogP contribution in [0.2, 0.25) is 0 Å². The highest BCUT2D eigenvalue weighted by atomic mass is 16.2. The highest BCUT2D eigenvalue weighted by molar-refractivity contribution is 5.77. The minimum Gasteiger partial charge on any atom is -0.356 e. The second kappa shape index (κ2) is 6.82. The molecule has 2 aliphatic heterocycles. The molecular weight excluding hydrogens is 312 g/mol. The van der Waals surface area contributed by atoms with Crippen LogP contribution in [0.3, 0.4) is 0 Å². The summed E-state index contributed by atoms with van der Waals surface area (Å²) in [6.45, 7) is 3.54. The van der Waals surface area contributed by atoms with Crippen LogP contribution in [-0.4, -0.2) is 40.4 Å². The summed E-state index contributed by atoms with van der Waals surface area (Å²) in [4.78, 5) is 25.6. The fraction of sp³-hybridized carbons (Fsp3) is 0.450. The average molecular weight is 336 g/mol. The monoisotopic (exact) mass is 336 g/mol. The molecule has 0 saturated carbocycles. The SMILES string of the molecule is O=C1CCC2(CCCN(c3ccccn3)C2)CN1Cc1cccnc1. The molecule has 2 saturated heterocycles. The van der Waals surface area contributed by atoms with E-state index in [2.05, 4.69) is 20.9 Å². The van der Waals surface area contributed by atoms with Gasteiger partial charge in [-0.3, -0.25) is 9.78 Å². The van der Waals surface area contributed by atoms with Crippen LogP contribution in [0.1, 0.15) is 31.2 Å². The van der Waals surface area contributed by atoms with Gasteiger partial charge in [0.1, 0.15) is 5.82 Å². The van der Waals surface area contributed by atoms with Crippen molar-refractivity contribution in [3.63, 3.8) is 0 Å². The van der Waals surface area contributed by atoms with Crippen LogP contribution in [-0.2, 0) is 11.3 Å². The van der Waals surface area contributed by atoms with E-state index < -0.39 is 0 Å². The Bertz CT molecular complexity index is 721. The van der Waals surface area contributed by atoms with Gasteiger partial charge in [-0.15, -0.1) is 0 Å². The van der Waals surface area contributed by atoms with Gasteiger partial charge in [-0.05, 0) is 43.0 Å². The molecule has 0 N–H and O–H groups in total. The summed E-state index contributed by atoms with van der Waals surface area (Å²) < 4.78 is 0. The van der Waals surface area contributed by atoms with Gasteiger partial charge in [-0.2, -0.15) is 0 Å². The van der Waals surface area contributed by atoms with E-state index in [0.29, 0.717) is 13.0 Å². The summed E-state index contributed by atoms with van der Waals surface area (Å²) >= 11 is 0. The topological polar surface area (TPSA) is 49.3 Å². The first-order chi connectivity index (χ1) is 12.2. The number of hydrogen-bond acceptors (Lipinski definition) is 4. The average Bonchev–Trinajstić information content (AvgIpc) is 2.67. The maximum atomic E-state index is 12.5. The summed E-state index contributed by atoms with van der Waals surface area (Å²) in [7, 11) is 0. The number of aromatic nitrogens is 2. The lowest BCUT2D eigenvalue weighted by Gasteiger charge is -2.48. The molecule has 130 valence electrons. The molecule has 4 heterocycles. The first-order valence-corrected chi connectivity index (χ1v) is 9.07. The number of carbonyl (C=O) groups excluding carboxylic acids is 1. The lowest BCUT2D eigenvalue weighted by Crippen LogP contribution is -2.54. The van der Waals surface area contributed by atoms with E-state index in [-0.39, 0.29) is 11.3 Å². The van der Waals surface area contributed by atoms with Crippen LogP contribution in [0.5, 0.6) is 0 Å². The molecule has 0 bridgehead atoms.